The highest BCUT2D eigenvalue weighted by molar-refractivity contribution is 9.09. The number of aryl methyl sites for hydroxylation is 2. The molecule has 0 aliphatic rings. The summed E-state index contributed by atoms with van der Waals surface area (Å²) in [6, 6.07) is 12.9. The zero-order valence-electron chi connectivity index (χ0n) is 8.83. The Balaban J connectivity index is 2.36. The minimum absolute atomic E-state index is 0.331. The summed E-state index contributed by atoms with van der Waals surface area (Å²) in [5, 5.41) is 0. The lowest BCUT2D eigenvalue weighted by molar-refractivity contribution is 1.18. The average molecular weight is 281 g/mol. The molecular weight excluding hydrogens is 268 g/mol. The van der Waals surface area contributed by atoms with Crippen LogP contribution in [0.25, 0.3) is 0 Å². The van der Waals surface area contributed by atoms with E-state index in [9.17, 15) is 0 Å². The van der Waals surface area contributed by atoms with Crippen LogP contribution < -0.4 is 0 Å². The van der Waals surface area contributed by atoms with Gasteiger partial charge in [0.2, 0.25) is 0 Å². The maximum absolute atomic E-state index is 3.77. The summed E-state index contributed by atoms with van der Waals surface area (Å²) in [4.78, 5) is 3.07. The van der Waals surface area contributed by atoms with Crippen LogP contribution in [0, 0.1) is 13.8 Å². The molecule has 0 saturated carbocycles. The van der Waals surface area contributed by atoms with Crippen molar-refractivity contribution in [2.75, 3.05) is 0 Å². The molecule has 0 radical (unpaired) electrons. The van der Waals surface area contributed by atoms with Gasteiger partial charge >= 0.3 is 0 Å². The molecule has 0 N–H and O–H groups in total. The van der Waals surface area contributed by atoms with E-state index >= 15 is 0 Å². The highest BCUT2D eigenvalue weighted by Gasteiger charge is 2.13. The van der Waals surface area contributed by atoms with Crippen LogP contribution >= 0.6 is 27.3 Å². The van der Waals surface area contributed by atoms with Crippen molar-refractivity contribution in [3.63, 3.8) is 0 Å². The third kappa shape index (κ3) is 2.32. The van der Waals surface area contributed by atoms with Crippen LogP contribution in [0.5, 0.6) is 0 Å². The van der Waals surface area contributed by atoms with Gasteiger partial charge in [-0.25, -0.2) is 0 Å². The van der Waals surface area contributed by atoms with E-state index in [1.165, 1.54) is 20.9 Å². The van der Waals surface area contributed by atoms with E-state index in [1.54, 1.807) is 0 Å². The fourth-order valence-corrected chi connectivity index (χ4v) is 3.44. The van der Waals surface area contributed by atoms with Gasteiger partial charge < -0.3 is 0 Å². The summed E-state index contributed by atoms with van der Waals surface area (Å²) < 4.78 is 0. The second-order valence-corrected chi connectivity index (χ2v) is 5.90. The van der Waals surface area contributed by atoms with Gasteiger partial charge in [0, 0.05) is 9.75 Å². The zero-order chi connectivity index (χ0) is 10.8. The number of hydrogen-bond acceptors (Lipinski definition) is 1. The lowest BCUT2D eigenvalue weighted by atomic mass is 10.1. The van der Waals surface area contributed by atoms with Crippen molar-refractivity contribution < 1.29 is 0 Å². The summed E-state index contributed by atoms with van der Waals surface area (Å²) in [5.74, 6) is 0. The molecule has 1 aromatic heterocycles. The predicted octanol–water partition coefficient (Wildman–Crippen LogP) is 4.85. The van der Waals surface area contributed by atoms with Crippen LogP contribution in [-0.4, -0.2) is 0 Å². The van der Waals surface area contributed by atoms with Gasteiger partial charge in [-0.3, -0.25) is 0 Å². The number of hydrogen-bond donors (Lipinski definition) is 0. The van der Waals surface area contributed by atoms with Gasteiger partial charge in [0.05, 0.1) is 4.83 Å². The molecular formula is C13H13BrS. The van der Waals surface area contributed by atoms with Gasteiger partial charge in [0.1, 0.15) is 0 Å². The fourth-order valence-electron chi connectivity index (χ4n) is 1.61. The smallest absolute Gasteiger partial charge is 0.0740 e. The first-order chi connectivity index (χ1) is 7.18. The van der Waals surface area contributed by atoms with Gasteiger partial charge in [-0.05, 0) is 37.1 Å². The lowest BCUT2D eigenvalue weighted by Gasteiger charge is -2.10. The Morgan fingerprint density at radius 1 is 1.07 bits per heavy atom. The molecule has 78 valence electrons. The Morgan fingerprint density at radius 2 is 1.80 bits per heavy atom. The maximum atomic E-state index is 3.77. The summed E-state index contributed by atoms with van der Waals surface area (Å²) in [7, 11) is 0. The molecule has 1 unspecified atom stereocenters. The monoisotopic (exact) mass is 280 g/mol. The largest absolute Gasteiger partial charge is 0.144 e. The first-order valence-corrected chi connectivity index (χ1v) is 6.67. The number of halogens is 1. The van der Waals surface area contributed by atoms with Gasteiger partial charge in [-0.1, -0.05) is 40.2 Å². The summed E-state index contributed by atoms with van der Waals surface area (Å²) in [6.45, 7) is 4.30. The van der Waals surface area contributed by atoms with Crippen molar-refractivity contribution in [3.05, 3.63) is 57.3 Å². The van der Waals surface area contributed by atoms with E-state index in [4.69, 9.17) is 0 Å². The van der Waals surface area contributed by atoms with Gasteiger partial charge in [0.25, 0.3) is 0 Å². The molecule has 0 aliphatic heterocycles. The van der Waals surface area contributed by atoms with Crippen LogP contribution in [-0.2, 0) is 0 Å². The summed E-state index contributed by atoms with van der Waals surface area (Å²) in [6.07, 6.45) is 0. The Kier molecular flexibility index (Phi) is 3.27. The van der Waals surface area contributed by atoms with Crippen molar-refractivity contribution in [2.45, 2.75) is 18.7 Å². The van der Waals surface area contributed by atoms with Gasteiger partial charge in [-0.2, -0.15) is 0 Å². The van der Waals surface area contributed by atoms with Crippen molar-refractivity contribution in [1.29, 1.82) is 0 Å². The first-order valence-electron chi connectivity index (χ1n) is 4.94. The Bertz CT molecular complexity index is 459. The van der Waals surface area contributed by atoms with Crippen molar-refractivity contribution in [3.8, 4) is 0 Å². The van der Waals surface area contributed by atoms with Crippen LogP contribution in [0.15, 0.2) is 36.4 Å². The van der Waals surface area contributed by atoms with Crippen LogP contribution in [0.3, 0.4) is 0 Å². The van der Waals surface area contributed by atoms with E-state index in [1.807, 2.05) is 11.3 Å². The van der Waals surface area contributed by atoms with Crippen molar-refractivity contribution >= 4 is 27.3 Å². The van der Waals surface area contributed by atoms with E-state index in [2.05, 4.69) is 66.2 Å². The first kappa shape index (κ1) is 10.9. The fraction of sp³-hybridized carbons (Fsp3) is 0.231. The number of rotatable bonds is 2. The third-order valence-corrected chi connectivity index (χ3v) is 4.83. The maximum Gasteiger partial charge on any atom is 0.0740 e. The van der Waals surface area contributed by atoms with Gasteiger partial charge in [-0.15, -0.1) is 11.3 Å². The van der Waals surface area contributed by atoms with E-state index in [-0.39, 0.29) is 0 Å². The number of alkyl halides is 1. The number of benzene rings is 1. The highest BCUT2D eigenvalue weighted by atomic mass is 79.9. The topological polar surface area (TPSA) is 0 Å². The molecule has 2 heteroatoms. The third-order valence-electron chi connectivity index (χ3n) is 2.47. The molecule has 0 amide bonds. The molecule has 2 aromatic rings. The molecule has 0 spiro atoms. The molecule has 1 aromatic carbocycles. The molecule has 0 fully saturated rings. The van der Waals surface area contributed by atoms with E-state index in [0.717, 1.165) is 0 Å². The molecule has 0 saturated heterocycles. The molecule has 0 bridgehead atoms. The normalized spacial score (nSPS) is 12.7. The summed E-state index contributed by atoms with van der Waals surface area (Å²) >= 11 is 5.62. The molecule has 0 aliphatic carbocycles. The molecule has 1 atom stereocenters. The standard InChI is InChI=1S/C13H13BrS/c1-9-5-3-4-6-11(9)13(14)12-8-7-10(2)15-12/h3-8,13H,1-2H3. The average Bonchev–Trinajstić information content (AvgIpc) is 2.65. The SMILES string of the molecule is Cc1ccc(C(Br)c2ccccc2C)s1. The molecule has 0 nitrogen and oxygen atoms in total. The van der Waals surface area contributed by atoms with Crippen LogP contribution in [0.1, 0.15) is 25.7 Å². The quantitative estimate of drug-likeness (QED) is 0.690. The Hall–Kier alpha value is -0.600. The zero-order valence-corrected chi connectivity index (χ0v) is 11.2. The Labute approximate surface area is 103 Å². The van der Waals surface area contributed by atoms with E-state index < -0.39 is 0 Å². The minimum atomic E-state index is 0.331. The van der Waals surface area contributed by atoms with Crippen molar-refractivity contribution in [1.82, 2.24) is 0 Å². The van der Waals surface area contributed by atoms with Crippen LogP contribution in [0.2, 0.25) is 0 Å². The predicted molar refractivity (Wildman–Crippen MR) is 71.0 cm³/mol. The molecule has 2 rings (SSSR count). The lowest BCUT2D eigenvalue weighted by Crippen LogP contribution is -1.92. The van der Waals surface area contributed by atoms with Gasteiger partial charge in [0.15, 0.2) is 0 Å². The van der Waals surface area contributed by atoms with E-state index in [0.29, 0.717) is 4.83 Å². The minimum Gasteiger partial charge on any atom is -0.144 e. The Morgan fingerprint density at radius 3 is 2.40 bits per heavy atom. The number of thiophene rings is 1. The highest BCUT2D eigenvalue weighted by Crippen LogP contribution is 2.36. The van der Waals surface area contributed by atoms with Crippen LogP contribution in [0.4, 0.5) is 0 Å². The van der Waals surface area contributed by atoms with Crippen molar-refractivity contribution in [2.24, 2.45) is 0 Å². The second-order valence-electron chi connectivity index (χ2n) is 3.67. The molecule has 15 heavy (non-hydrogen) atoms. The molecule has 1 heterocycles. The summed E-state index contributed by atoms with van der Waals surface area (Å²) in [5.41, 5.74) is 2.70. The second kappa shape index (κ2) is 4.50.